The van der Waals surface area contributed by atoms with Crippen LogP contribution in [0.15, 0.2) is 22.0 Å². The van der Waals surface area contributed by atoms with Crippen LogP contribution < -0.4 is 0 Å². The molecule has 6 heteroatoms. The molecule has 2 aromatic rings. The van der Waals surface area contributed by atoms with Gasteiger partial charge in [-0.3, -0.25) is 4.90 Å². The van der Waals surface area contributed by atoms with E-state index in [0.29, 0.717) is 24.8 Å². The van der Waals surface area contributed by atoms with E-state index in [4.69, 9.17) is 4.52 Å². The van der Waals surface area contributed by atoms with E-state index in [1.54, 1.807) is 11.3 Å². The Labute approximate surface area is 103 Å². The fourth-order valence-corrected chi connectivity index (χ4v) is 2.62. The first-order valence-corrected chi connectivity index (χ1v) is 6.46. The Hall–Kier alpha value is -1.24. The van der Waals surface area contributed by atoms with Gasteiger partial charge in [0.15, 0.2) is 5.82 Å². The molecule has 2 aromatic heterocycles. The van der Waals surface area contributed by atoms with Gasteiger partial charge in [0.2, 0.25) is 0 Å². The first-order chi connectivity index (χ1) is 8.31. The lowest BCUT2D eigenvalue weighted by Gasteiger charge is -2.10. The average molecular weight is 251 g/mol. The summed E-state index contributed by atoms with van der Waals surface area (Å²) in [6.07, 6.45) is 0.619. The topological polar surface area (TPSA) is 62.4 Å². The van der Waals surface area contributed by atoms with E-state index in [9.17, 15) is 5.11 Å². The molecule has 0 aliphatic carbocycles. The minimum absolute atomic E-state index is 0.210. The molecule has 17 heavy (non-hydrogen) atoms. The number of hydrogen-bond acceptors (Lipinski definition) is 6. The van der Waals surface area contributed by atoms with Gasteiger partial charge in [0.1, 0.15) is 0 Å². The zero-order valence-electron chi connectivity index (χ0n) is 9.24. The highest BCUT2D eigenvalue weighted by Gasteiger charge is 2.22. The second-order valence-corrected chi connectivity index (χ2v) is 5.12. The molecule has 1 saturated heterocycles. The highest BCUT2D eigenvalue weighted by atomic mass is 32.1. The molecule has 1 fully saturated rings. The highest BCUT2D eigenvalue weighted by molar-refractivity contribution is 7.13. The van der Waals surface area contributed by atoms with Crippen molar-refractivity contribution in [2.75, 3.05) is 13.1 Å². The number of thiophene rings is 1. The average Bonchev–Trinajstić information content (AvgIpc) is 3.00. The molecule has 3 heterocycles. The zero-order chi connectivity index (χ0) is 11.7. The van der Waals surface area contributed by atoms with Crippen LogP contribution in [0, 0.1) is 0 Å². The Kier molecular flexibility index (Phi) is 2.92. The van der Waals surface area contributed by atoms with Gasteiger partial charge in [0.25, 0.3) is 5.89 Å². The van der Waals surface area contributed by atoms with Crippen molar-refractivity contribution in [1.82, 2.24) is 15.0 Å². The van der Waals surface area contributed by atoms with Crippen LogP contribution in [0.25, 0.3) is 10.8 Å². The van der Waals surface area contributed by atoms with Crippen LogP contribution in [0.1, 0.15) is 12.2 Å². The number of nitrogens with zero attached hydrogens (tertiary/aromatic N) is 3. The monoisotopic (exact) mass is 251 g/mol. The maximum atomic E-state index is 9.43. The number of hydrogen-bond donors (Lipinski definition) is 1. The van der Waals surface area contributed by atoms with Crippen molar-refractivity contribution in [3.05, 3.63) is 23.3 Å². The van der Waals surface area contributed by atoms with Gasteiger partial charge in [-0.1, -0.05) is 11.2 Å². The van der Waals surface area contributed by atoms with E-state index in [1.165, 1.54) is 0 Å². The number of β-amino-alcohol motifs (C(OH)–C–C–N with tert-alkyl or cyclic N) is 1. The normalized spacial score (nSPS) is 21.1. The van der Waals surface area contributed by atoms with Gasteiger partial charge in [-0.2, -0.15) is 4.98 Å². The molecule has 0 radical (unpaired) electrons. The van der Waals surface area contributed by atoms with Crippen LogP contribution in [0.4, 0.5) is 0 Å². The summed E-state index contributed by atoms with van der Waals surface area (Å²) in [5.41, 5.74) is 0. The molecule has 0 saturated carbocycles. The molecule has 0 unspecified atom stereocenters. The van der Waals surface area contributed by atoms with Gasteiger partial charge >= 0.3 is 0 Å². The summed E-state index contributed by atoms with van der Waals surface area (Å²) in [6, 6.07) is 3.92. The SMILES string of the molecule is O[C@@H]1CCN(Cc2noc(-c3cccs3)n2)C1. The van der Waals surface area contributed by atoms with Gasteiger partial charge in [-0.25, -0.2) is 0 Å². The Morgan fingerprint density at radius 2 is 2.53 bits per heavy atom. The van der Waals surface area contributed by atoms with Gasteiger partial charge in [0, 0.05) is 13.1 Å². The Bertz CT molecular complexity index is 483. The van der Waals surface area contributed by atoms with Crippen molar-refractivity contribution in [2.24, 2.45) is 0 Å². The molecule has 0 spiro atoms. The van der Waals surface area contributed by atoms with Crippen LogP contribution in [0.2, 0.25) is 0 Å². The summed E-state index contributed by atoms with van der Waals surface area (Å²) >= 11 is 1.58. The second-order valence-electron chi connectivity index (χ2n) is 4.17. The van der Waals surface area contributed by atoms with Gasteiger partial charge < -0.3 is 9.63 Å². The number of aliphatic hydroxyl groups is 1. The molecule has 0 aromatic carbocycles. The molecule has 1 aliphatic heterocycles. The number of aliphatic hydroxyl groups excluding tert-OH is 1. The maximum Gasteiger partial charge on any atom is 0.268 e. The third kappa shape index (κ3) is 2.38. The number of rotatable bonds is 3. The van der Waals surface area contributed by atoms with Crippen LogP contribution in [-0.2, 0) is 6.54 Å². The van der Waals surface area contributed by atoms with Crippen molar-refractivity contribution in [3.63, 3.8) is 0 Å². The van der Waals surface area contributed by atoms with Crippen molar-refractivity contribution in [2.45, 2.75) is 19.1 Å². The fraction of sp³-hybridized carbons (Fsp3) is 0.455. The Balaban J connectivity index is 1.69. The largest absolute Gasteiger partial charge is 0.392 e. The zero-order valence-corrected chi connectivity index (χ0v) is 10.1. The quantitative estimate of drug-likeness (QED) is 0.892. The van der Waals surface area contributed by atoms with E-state index in [-0.39, 0.29) is 6.10 Å². The van der Waals surface area contributed by atoms with E-state index < -0.39 is 0 Å². The third-order valence-corrected chi connectivity index (χ3v) is 3.67. The van der Waals surface area contributed by atoms with Crippen LogP contribution in [-0.4, -0.2) is 39.3 Å². The Morgan fingerprint density at radius 3 is 3.24 bits per heavy atom. The van der Waals surface area contributed by atoms with Crippen LogP contribution in [0.3, 0.4) is 0 Å². The lowest BCUT2D eigenvalue weighted by molar-refractivity contribution is 0.173. The molecule has 1 aliphatic rings. The van der Waals surface area contributed by atoms with Crippen molar-refractivity contribution < 1.29 is 9.63 Å². The lowest BCUT2D eigenvalue weighted by Crippen LogP contribution is -2.22. The smallest absolute Gasteiger partial charge is 0.268 e. The van der Waals surface area contributed by atoms with Gasteiger partial charge in [-0.05, 0) is 17.9 Å². The summed E-state index contributed by atoms with van der Waals surface area (Å²) < 4.78 is 5.21. The molecule has 3 rings (SSSR count). The van der Waals surface area contributed by atoms with Crippen LogP contribution in [0.5, 0.6) is 0 Å². The standard InChI is InChI=1S/C11H13N3O2S/c15-8-3-4-14(6-8)7-10-12-11(16-13-10)9-2-1-5-17-9/h1-2,5,8,15H,3-4,6-7H2/t8-/m1/s1. The van der Waals surface area contributed by atoms with Gasteiger partial charge in [-0.15, -0.1) is 11.3 Å². The molecule has 1 N–H and O–H groups in total. The predicted molar refractivity (Wildman–Crippen MR) is 63.5 cm³/mol. The third-order valence-electron chi connectivity index (χ3n) is 2.81. The summed E-state index contributed by atoms with van der Waals surface area (Å²) in [7, 11) is 0. The first kappa shape index (κ1) is 10.9. The summed E-state index contributed by atoms with van der Waals surface area (Å²) in [6.45, 7) is 2.23. The summed E-state index contributed by atoms with van der Waals surface area (Å²) in [5, 5.41) is 15.4. The van der Waals surface area contributed by atoms with Crippen molar-refractivity contribution >= 4 is 11.3 Å². The summed E-state index contributed by atoms with van der Waals surface area (Å²) in [4.78, 5) is 7.47. The van der Waals surface area contributed by atoms with E-state index in [0.717, 1.165) is 17.8 Å². The van der Waals surface area contributed by atoms with E-state index in [2.05, 4.69) is 15.0 Å². The van der Waals surface area contributed by atoms with Crippen molar-refractivity contribution in [3.8, 4) is 10.8 Å². The van der Waals surface area contributed by atoms with E-state index >= 15 is 0 Å². The summed E-state index contributed by atoms with van der Waals surface area (Å²) in [5.74, 6) is 1.26. The Morgan fingerprint density at radius 1 is 1.59 bits per heavy atom. The van der Waals surface area contributed by atoms with Crippen molar-refractivity contribution in [1.29, 1.82) is 0 Å². The molecule has 5 nitrogen and oxygen atoms in total. The molecular weight excluding hydrogens is 238 g/mol. The maximum absolute atomic E-state index is 9.43. The molecule has 1 atom stereocenters. The van der Waals surface area contributed by atoms with Gasteiger partial charge in [0.05, 0.1) is 17.5 Å². The lowest BCUT2D eigenvalue weighted by atomic mass is 10.3. The number of likely N-dealkylation sites (tertiary alicyclic amines) is 1. The predicted octanol–water partition coefficient (Wildman–Crippen LogP) is 1.36. The van der Waals surface area contributed by atoms with E-state index in [1.807, 2.05) is 17.5 Å². The molecular formula is C11H13N3O2S. The number of aromatic nitrogens is 2. The first-order valence-electron chi connectivity index (χ1n) is 5.58. The fourth-order valence-electron chi connectivity index (χ4n) is 1.97. The highest BCUT2D eigenvalue weighted by Crippen LogP contribution is 2.23. The second kappa shape index (κ2) is 4.56. The molecule has 0 bridgehead atoms. The van der Waals surface area contributed by atoms with Crippen LogP contribution >= 0.6 is 11.3 Å². The minimum atomic E-state index is -0.210. The molecule has 90 valence electrons. The minimum Gasteiger partial charge on any atom is -0.392 e. The molecule has 0 amide bonds.